The van der Waals surface area contributed by atoms with Gasteiger partial charge in [0.05, 0.1) is 5.57 Å². The van der Waals surface area contributed by atoms with Gasteiger partial charge in [0.15, 0.2) is 5.13 Å². The molecule has 5 nitrogen and oxygen atoms in total. The predicted octanol–water partition coefficient (Wildman–Crippen LogP) is 4.67. The monoisotopic (exact) mass is 458 g/mol. The number of halogens is 2. The number of ketones is 1. The number of thiazole rings is 1. The lowest BCUT2D eigenvalue weighted by Crippen LogP contribution is -2.29. The van der Waals surface area contributed by atoms with Gasteiger partial charge < -0.3 is 5.11 Å². The Hall–Kier alpha value is -2.84. The Morgan fingerprint density at radius 3 is 2.50 bits per heavy atom. The molecule has 1 fully saturated rings. The minimum atomic E-state index is -1.11. The van der Waals surface area contributed by atoms with Gasteiger partial charge in [0, 0.05) is 27.2 Å². The van der Waals surface area contributed by atoms with Crippen LogP contribution in [0.15, 0.2) is 70.2 Å². The molecule has 2 aromatic carbocycles. The predicted molar refractivity (Wildman–Crippen MR) is 107 cm³/mol. The molecule has 1 aromatic heterocycles. The van der Waals surface area contributed by atoms with E-state index in [0.717, 1.165) is 20.7 Å². The fraction of sp³-hybridized carbons (Fsp3) is 0.0500. The van der Waals surface area contributed by atoms with Crippen LogP contribution in [0.1, 0.15) is 17.2 Å². The highest BCUT2D eigenvalue weighted by Gasteiger charge is 2.48. The van der Waals surface area contributed by atoms with Crippen LogP contribution in [0.5, 0.6) is 0 Å². The summed E-state index contributed by atoms with van der Waals surface area (Å²) < 4.78 is 15.4. The van der Waals surface area contributed by atoms with Crippen molar-refractivity contribution in [1.29, 1.82) is 0 Å². The molecule has 1 atom stereocenters. The van der Waals surface area contributed by atoms with Crippen molar-refractivity contribution in [3.05, 3.63) is 87.1 Å². The van der Waals surface area contributed by atoms with E-state index in [1.54, 1.807) is 35.7 Å². The number of Topliss-reactive ketones (excluding diaryl/α,β-unsaturated/α-hetero) is 1. The molecule has 1 N–H and O–H groups in total. The fourth-order valence-corrected chi connectivity index (χ4v) is 4.05. The Morgan fingerprint density at radius 1 is 1.14 bits per heavy atom. The number of aromatic nitrogens is 1. The number of hydrogen-bond acceptors (Lipinski definition) is 5. The molecule has 0 radical (unpaired) electrons. The Bertz CT molecular complexity index is 1100. The molecule has 2 heterocycles. The van der Waals surface area contributed by atoms with Crippen molar-refractivity contribution in [1.82, 2.24) is 4.98 Å². The number of aliphatic hydroxyl groups is 1. The molecule has 4 rings (SSSR count). The summed E-state index contributed by atoms with van der Waals surface area (Å²) in [6.45, 7) is 0. The molecule has 140 valence electrons. The van der Waals surface area contributed by atoms with Crippen LogP contribution in [0.25, 0.3) is 5.76 Å². The Kier molecular flexibility index (Phi) is 4.82. The van der Waals surface area contributed by atoms with E-state index in [2.05, 4.69) is 20.9 Å². The van der Waals surface area contributed by atoms with Gasteiger partial charge in [-0.25, -0.2) is 9.37 Å². The van der Waals surface area contributed by atoms with E-state index < -0.39 is 23.5 Å². The largest absolute Gasteiger partial charge is 0.507 e. The van der Waals surface area contributed by atoms with Crippen LogP contribution in [-0.2, 0) is 9.59 Å². The van der Waals surface area contributed by atoms with Crippen LogP contribution in [-0.4, -0.2) is 21.8 Å². The molecule has 1 aliphatic rings. The molecule has 0 unspecified atom stereocenters. The summed E-state index contributed by atoms with van der Waals surface area (Å²) in [5.74, 6) is -2.69. The third-order valence-electron chi connectivity index (χ3n) is 4.39. The molecule has 3 aromatic rings. The number of anilines is 1. The number of rotatable bonds is 3. The third-order valence-corrected chi connectivity index (χ3v) is 5.69. The SMILES string of the molecule is O=C1C(=O)N(c2nccs2)[C@@H](c2ccccc2F)C1=C(O)c1ccc(Br)cc1. The normalized spacial score (nSPS) is 18.6. The van der Waals surface area contributed by atoms with Gasteiger partial charge >= 0.3 is 5.91 Å². The van der Waals surface area contributed by atoms with Crippen LogP contribution in [0, 0.1) is 5.82 Å². The summed E-state index contributed by atoms with van der Waals surface area (Å²) >= 11 is 4.46. The summed E-state index contributed by atoms with van der Waals surface area (Å²) in [7, 11) is 0. The maximum Gasteiger partial charge on any atom is 0.301 e. The van der Waals surface area contributed by atoms with E-state index in [4.69, 9.17) is 0 Å². The first-order valence-electron chi connectivity index (χ1n) is 8.20. The lowest BCUT2D eigenvalue weighted by molar-refractivity contribution is -0.132. The quantitative estimate of drug-likeness (QED) is 0.351. The van der Waals surface area contributed by atoms with E-state index in [1.165, 1.54) is 24.4 Å². The zero-order valence-corrected chi connectivity index (χ0v) is 16.6. The van der Waals surface area contributed by atoms with Crippen LogP contribution < -0.4 is 4.90 Å². The van der Waals surface area contributed by atoms with Crippen molar-refractivity contribution in [3.8, 4) is 0 Å². The highest BCUT2D eigenvalue weighted by molar-refractivity contribution is 9.10. The van der Waals surface area contributed by atoms with E-state index in [-0.39, 0.29) is 22.0 Å². The summed E-state index contributed by atoms with van der Waals surface area (Å²) in [5, 5.41) is 12.8. The van der Waals surface area contributed by atoms with Gasteiger partial charge in [-0.1, -0.05) is 46.3 Å². The Balaban J connectivity index is 1.96. The number of benzene rings is 2. The van der Waals surface area contributed by atoms with E-state index in [1.807, 2.05) is 0 Å². The molecular weight excluding hydrogens is 447 g/mol. The summed E-state index contributed by atoms with van der Waals surface area (Å²) in [4.78, 5) is 30.8. The van der Waals surface area contributed by atoms with Gasteiger partial charge in [-0.2, -0.15) is 0 Å². The van der Waals surface area contributed by atoms with Gasteiger partial charge in [0.1, 0.15) is 17.6 Å². The summed E-state index contributed by atoms with van der Waals surface area (Å²) in [6.07, 6.45) is 1.49. The summed E-state index contributed by atoms with van der Waals surface area (Å²) in [5.41, 5.74) is 0.282. The first-order valence-corrected chi connectivity index (χ1v) is 9.87. The van der Waals surface area contributed by atoms with Crippen molar-refractivity contribution >= 4 is 49.8 Å². The lowest BCUT2D eigenvalue weighted by Gasteiger charge is -2.23. The second-order valence-corrected chi connectivity index (χ2v) is 7.80. The highest BCUT2D eigenvalue weighted by Crippen LogP contribution is 2.43. The van der Waals surface area contributed by atoms with Crippen molar-refractivity contribution in [2.45, 2.75) is 6.04 Å². The minimum Gasteiger partial charge on any atom is -0.507 e. The fourth-order valence-electron chi connectivity index (χ4n) is 3.12. The standard InChI is InChI=1S/C20H12BrFN2O3S/c21-12-7-5-11(6-8-12)17(25)15-16(13-3-1-2-4-14(13)22)24(19(27)18(15)26)20-23-9-10-28-20/h1-10,16,25H/t16-/m0/s1. The van der Waals surface area contributed by atoms with Crippen LogP contribution >= 0.6 is 27.3 Å². The van der Waals surface area contributed by atoms with Gasteiger partial charge in [0.25, 0.3) is 5.78 Å². The second kappa shape index (κ2) is 7.29. The second-order valence-electron chi connectivity index (χ2n) is 6.01. The highest BCUT2D eigenvalue weighted by atomic mass is 79.9. The molecule has 0 spiro atoms. The van der Waals surface area contributed by atoms with Crippen molar-refractivity contribution in [2.24, 2.45) is 0 Å². The summed E-state index contributed by atoms with van der Waals surface area (Å²) in [6, 6.07) is 11.4. The maximum absolute atomic E-state index is 14.6. The first kappa shape index (κ1) is 18.5. The van der Waals surface area contributed by atoms with E-state index >= 15 is 0 Å². The molecule has 1 aliphatic heterocycles. The molecule has 8 heteroatoms. The number of amides is 1. The molecule has 1 amide bonds. The van der Waals surface area contributed by atoms with E-state index in [0.29, 0.717) is 5.56 Å². The topological polar surface area (TPSA) is 70.5 Å². The maximum atomic E-state index is 14.6. The average molecular weight is 459 g/mol. The Morgan fingerprint density at radius 2 is 1.86 bits per heavy atom. The van der Waals surface area contributed by atoms with Gasteiger partial charge in [-0.3, -0.25) is 14.5 Å². The first-order chi connectivity index (χ1) is 13.5. The number of nitrogens with zero attached hydrogens (tertiary/aromatic N) is 2. The molecule has 0 saturated carbocycles. The zero-order valence-electron chi connectivity index (χ0n) is 14.2. The number of carbonyl (C=O) groups excluding carboxylic acids is 2. The van der Waals surface area contributed by atoms with Crippen molar-refractivity contribution < 1.29 is 19.1 Å². The van der Waals surface area contributed by atoms with Crippen LogP contribution in [0.2, 0.25) is 0 Å². The van der Waals surface area contributed by atoms with Gasteiger partial charge in [-0.05, 0) is 18.2 Å². The lowest BCUT2D eigenvalue weighted by atomic mass is 9.95. The Labute approximate surface area is 171 Å². The van der Waals surface area contributed by atoms with Crippen molar-refractivity contribution in [2.75, 3.05) is 4.90 Å². The molecule has 0 bridgehead atoms. The number of carbonyl (C=O) groups is 2. The van der Waals surface area contributed by atoms with Crippen LogP contribution in [0.3, 0.4) is 0 Å². The zero-order chi connectivity index (χ0) is 19.8. The molecular formula is C20H12BrFN2O3S. The molecule has 28 heavy (non-hydrogen) atoms. The third kappa shape index (κ3) is 3.04. The molecule has 0 aliphatic carbocycles. The van der Waals surface area contributed by atoms with E-state index in [9.17, 15) is 19.1 Å². The van der Waals surface area contributed by atoms with Gasteiger partial charge in [-0.15, -0.1) is 11.3 Å². The molecule has 1 saturated heterocycles. The van der Waals surface area contributed by atoms with Crippen LogP contribution in [0.4, 0.5) is 9.52 Å². The smallest absolute Gasteiger partial charge is 0.301 e. The van der Waals surface area contributed by atoms with Crippen molar-refractivity contribution in [3.63, 3.8) is 0 Å². The number of aliphatic hydroxyl groups excluding tert-OH is 1. The minimum absolute atomic E-state index is 0.107. The van der Waals surface area contributed by atoms with Gasteiger partial charge in [0.2, 0.25) is 0 Å². The average Bonchev–Trinajstić information content (AvgIpc) is 3.30. The number of hydrogen-bond donors (Lipinski definition) is 1.